The number of aliphatic hydroxyl groups is 1. The fourth-order valence-electron chi connectivity index (χ4n) is 1.54. The Bertz CT molecular complexity index is 558. The zero-order valence-electron chi connectivity index (χ0n) is 10.3. The fourth-order valence-corrected chi connectivity index (χ4v) is 1.77. The zero-order valence-corrected chi connectivity index (χ0v) is 11.9. The maximum atomic E-state index is 13.7. The molecule has 0 amide bonds. The van der Waals surface area contributed by atoms with Crippen molar-refractivity contribution in [2.24, 2.45) is 0 Å². The molecule has 1 aromatic heterocycles. The number of benzene rings is 1. The van der Waals surface area contributed by atoms with E-state index in [9.17, 15) is 9.50 Å². The number of hydrogen-bond acceptors (Lipinski definition) is 3. The van der Waals surface area contributed by atoms with E-state index in [0.29, 0.717) is 11.3 Å². The number of pyridine rings is 1. The lowest BCUT2D eigenvalue weighted by Crippen LogP contribution is -2.00. The van der Waals surface area contributed by atoms with E-state index in [4.69, 9.17) is 4.74 Å². The lowest BCUT2D eigenvalue weighted by molar-refractivity contribution is 0.198. The third-order valence-corrected chi connectivity index (χ3v) is 3.07. The minimum atomic E-state index is -0.698. The summed E-state index contributed by atoms with van der Waals surface area (Å²) in [4.78, 5) is 4.13. The predicted octanol–water partition coefficient (Wildman–Crippen LogP) is 3.62. The van der Waals surface area contributed by atoms with Crippen molar-refractivity contribution >= 4 is 15.9 Å². The van der Waals surface area contributed by atoms with Crippen LogP contribution in [0.1, 0.15) is 24.3 Å². The van der Waals surface area contributed by atoms with Crippen LogP contribution in [-0.4, -0.2) is 10.1 Å². The van der Waals surface area contributed by atoms with Crippen LogP contribution in [0.15, 0.2) is 41.0 Å². The Morgan fingerprint density at radius 1 is 1.37 bits per heavy atom. The predicted molar refractivity (Wildman–Crippen MR) is 73.3 cm³/mol. The highest BCUT2D eigenvalue weighted by Crippen LogP contribution is 2.22. The minimum absolute atomic E-state index is 0.147. The summed E-state index contributed by atoms with van der Waals surface area (Å²) in [5.41, 5.74) is 1.23. The standard InChI is InChI=1S/C14H13BrFNO2/c1-9(18)10-2-5-14(13(16)6-10)19-8-12-4-3-11(15)7-17-12/h2-7,9,18H,8H2,1H3/t9-/m1/s1. The molecule has 0 radical (unpaired) electrons. The Kier molecular flexibility index (Phi) is 4.50. The van der Waals surface area contributed by atoms with Gasteiger partial charge in [0.25, 0.3) is 0 Å². The molecule has 1 aromatic carbocycles. The maximum absolute atomic E-state index is 13.7. The van der Waals surface area contributed by atoms with E-state index in [1.807, 2.05) is 6.07 Å². The molecule has 1 N–H and O–H groups in total. The van der Waals surface area contributed by atoms with Crippen LogP contribution in [0, 0.1) is 5.82 Å². The Hall–Kier alpha value is -1.46. The van der Waals surface area contributed by atoms with Gasteiger partial charge >= 0.3 is 0 Å². The number of nitrogens with zero attached hydrogens (tertiary/aromatic N) is 1. The molecule has 0 saturated carbocycles. The van der Waals surface area contributed by atoms with E-state index < -0.39 is 11.9 Å². The highest BCUT2D eigenvalue weighted by Gasteiger charge is 2.08. The van der Waals surface area contributed by atoms with Crippen LogP contribution in [-0.2, 0) is 6.61 Å². The Labute approximate surface area is 119 Å². The van der Waals surface area contributed by atoms with Crippen molar-refractivity contribution in [1.82, 2.24) is 4.98 Å². The van der Waals surface area contributed by atoms with Crippen LogP contribution in [0.5, 0.6) is 5.75 Å². The van der Waals surface area contributed by atoms with Gasteiger partial charge in [-0.25, -0.2) is 4.39 Å². The first-order valence-electron chi connectivity index (χ1n) is 5.77. The molecule has 5 heteroatoms. The number of aromatic nitrogens is 1. The van der Waals surface area contributed by atoms with Gasteiger partial charge in [0.2, 0.25) is 0 Å². The molecule has 2 aromatic rings. The van der Waals surface area contributed by atoms with Gasteiger partial charge in [-0.2, -0.15) is 0 Å². The van der Waals surface area contributed by atoms with Gasteiger partial charge in [-0.05, 0) is 52.7 Å². The minimum Gasteiger partial charge on any atom is -0.484 e. The molecule has 2 rings (SSSR count). The average molecular weight is 326 g/mol. The topological polar surface area (TPSA) is 42.4 Å². The lowest BCUT2D eigenvalue weighted by atomic mass is 10.1. The number of ether oxygens (including phenoxy) is 1. The van der Waals surface area contributed by atoms with Gasteiger partial charge in [0, 0.05) is 10.7 Å². The third kappa shape index (κ3) is 3.75. The van der Waals surface area contributed by atoms with Crippen molar-refractivity contribution in [3.63, 3.8) is 0 Å². The van der Waals surface area contributed by atoms with Gasteiger partial charge in [0.05, 0.1) is 11.8 Å². The SMILES string of the molecule is C[C@@H](O)c1ccc(OCc2ccc(Br)cn2)c(F)c1. The lowest BCUT2D eigenvalue weighted by Gasteiger charge is -2.09. The van der Waals surface area contributed by atoms with Gasteiger partial charge in [-0.1, -0.05) is 6.07 Å². The maximum Gasteiger partial charge on any atom is 0.165 e. The summed E-state index contributed by atoms with van der Waals surface area (Å²) < 4.78 is 20.0. The summed E-state index contributed by atoms with van der Waals surface area (Å²) in [5, 5.41) is 9.35. The molecule has 19 heavy (non-hydrogen) atoms. The molecular weight excluding hydrogens is 313 g/mol. The summed E-state index contributed by atoms with van der Waals surface area (Å²) in [7, 11) is 0. The second-order valence-electron chi connectivity index (χ2n) is 4.12. The first-order chi connectivity index (χ1) is 9.06. The number of aliphatic hydroxyl groups excluding tert-OH is 1. The molecule has 0 aliphatic rings. The van der Waals surface area contributed by atoms with Gasteiger partial charge in [0.1, 0.15) is 6.61 Å². The van der Waals surface area contributed by atoms with Crippen LogP contribution in [0.2, 0.25) is 0 Å². The molecule has 0 aliphatic heterocycles. The highest BCUT2D eigenvalue weighted by atomic mass is 79.9. The normalized spacial score (nSPS) is 12.2. The van der Waals surface area contributed by atoms with E-state index in [2.05, 4.69) is 20.9 Å². The van der Waals surface area contributed by atoms with Crippen LogP contribution in [0.25, 0.3) is 0 Å². The van der Waals surface area contributed by atoms with Crippen molar-refractivity contribution in [2.45, 2.75) is 19.6 Å². The van der Waals surface area contributed by atoms with Gasteiger partial charge in [-0.3, -0.25) is 4.98 Å². The van der Waals surface area contributed by atoms with Crippen molar-refractivity contribution < 1.29 is 14.2 Å². The summed E-state index contributed by atoms with van der Waals surface area (Å²) in [6.45, 7) is 1.78. The van der Waals surface area contributed by atoms with Crippen molar-refractivity contribution in [3.05, 3.63) is 58.1 Å². The van der Waals surface area contributed by atoms with E-state index in [1.165, 1.54) is 12.1 Å². The molecule has 0 unspecified atom stereocenters. The van der Waals surface area contributed by atoms with Crippen LogP contribution >= 0.6 is 15.9 Å². The second-order valence-corrected chi connectivity index (χ2v) is 5.04. The summed E-state index contributed by atoms with van der Waals surface area (Å²) >= 11 is 3.29. The Morgan fingerprint density at radius 3 is 2.74 bits per heavy atom. The molecule has 1 atom stereocenters. The average Bonchev–Trinajstić information content (AvgIpc) is 2.39. The highest BCUT2D eigenvalue weighted by molar-refractivity contribution is 9.10. The van der Waals surface area contributed by atoms with Gasteiger partial charge < -0.3 is 9.84 Å². The number of hydrogen-bond donors (Lipinski definition) is 1. The first-order valence-corrected chi connectivity index (χ1v) is 6.56. The largest absolute Gasteiger partial charge is 0.484 e. The third-order valence-electron chi connectivity index (χ3n) is 2.60. The van der Waals surface area contributed by atoms with E-state index in [1.54, 1.807) is 25.3 Å². The first kappa shape index (κ1) is 14.0. The van der Waals surface area contributed by atoms with E-state index >= 15 is 0 Å². The molecule has 0 fully saturated rings. The smallest absolute Gasteiger partial charge is 0.165 e. The molecule has 0 spiro atoms. The zero-order chi connectivity index (χ0) is 13.8. The van der Waals surface area contributed by atoms with E-state index in [-0.39, 0.29) is 12.4 Å². The summed E-state index contributed by atoms with van der Waals surface area (Å²) in [6.07, 6.45) is 0.961. The van der Waals surface area contributed by atoms with Gasteiger partial charge in [0.15, 0.2) is 11.6 Å². The fraction of sp³-hybridized carbons (Fsp3) is 0.214. The molecule has 100 valence electrons. The summed E-state index contributed by atoms with van der Waals surface area (Å²) in [5.74, 6) is -0.343. The molecular formula is C14H13BrFNO2. The van der Waals surface area contributed by atoms with Crippen LogP contribution in [0.3, 0.4) is 0 Å². The molecule has 0 saturated heterocycles. The van der Waals surface area contributed by atoms with Crippen molar-refractivity contribution in [2.75, 3.05) is 0 Å². The monoisotopic (exact) mass is 325 g/mol. The second kappa shape index (κ2) is 6.12. The molecule has 3 nitrogen and oxygen atoms in total. The van der Waals surface area contributed by atoms with E-state index in [0.717, 1.165) is 4.47 Å². The Morgan fingerprint density at radius 2 is 2.16 bits per heavy atom. The molecule has 0 aliphatic carbocycles. The molecule has 1 heterocycles. The summed E-state index contributed by atoms with van der Waals surface area (Å²) in [6, 6.07) is 8.06. The molecule has 0 bridgehead atoms. The quantitative estimate of drug-likeness (QED) is 0.933. The van der Waals surface area contributed by atoms with Gasteiger partial charge in [-0.15, -0.1) is 0 Å². The number of halogens is 2. The Balaban J connectivity index is 2.05. The van der Waals surface area contributed by atoms with Crippen LogP contribution in [0.4, 0.5) is 4.39 Å². The van der Waals surface area contributed by atoms with Crippen LogP contribution < -0.4 is 4.74 Å². The van der Waals surface area contributed by atoms with Crippen molar-refractivity contribution in [3.8, 4) is 5.75 Å². The van der Waals surface area contributed by atoms with Crippen molar-refractivity contribution in [1.29, 1.82) is 0 Å². The number of rotatable bonds is 4.